The lowest BCUT2D eigenvalue weighted by atomic mass is 10.2. The average molecular weight is 360 g/mol. The highest BCUT2D eigenvalue weighted by Crippen LogP contribution is 2.20. The smallest absolute Gasteiger partial charge is 0.257 e. The minimum absolute atomic E-state index is 0.0463. The van der Waals surface area contributed by atoms with E-state index in [1.54, 1.807) is 24.0 Å². The van der Waals surface area contributed by atoms with E-state index in [4.69, 9.17) is 0 Å². The second kappa shape index (κ2) is 7.47. The van der Waals surface area contributed by atoms with Crippen LogP contribution in [0.1, 0.15) is 17.3 Å². The van der Waals surface area contributed by atoms with Crippen LogP contribution in [0.3, 0.4) is 0 Å². The van der Waals surface area contributed by atoms with Crippen molar-refractivity contribution in [2.75, 3.05) is 36.4 Å². The van der Waals surface area contributed by atoms with E-state index < -0.39 is 23.2 Å². The van der Waals surface area contributed by atoms with Crippen LogP contribution in [-0.4, -0.2) is 47.9 Å². The summed E-state index contributed by atoms with van der Waals surface area (Å²) in [5.41, 5.74) is -0.291. The van der Waals surface area contributed by atoms with Gasteiger partial charge in [-0.3, -0.25) is 9.59 Å². The molecule has 1 N–H and O–H groups in total. The van der Waals surface area contributed by atoms with Crippen LogP contribution in [0.5, 0.6) is 0 Å². The van der Waals surface area contributed by atoms with Crippen LogP contribution < -0.4 is 10.2 Å². The van der Waals surface area contributed by atoms with E-state index in [2.05, 4.69) is 10.3 Å². The second-order valence-electron chi connectivity index (χ2n) is 5.95. The lowest BCUT2D eigenvalue weighted by Gasteiger charge is -2.34. The summed E-state index contributed by atoms with van der Waals surface area (Å²) in [4.78, 5) is 31.6. The molecule has 0 saturated carbocycles. The largest absolute Gasteiger partial charge is 0.353 e. The van der Waals surface area contributed by atoms with Gasteiger partial charge in [-0.05, 0) is 24.3 Å². The highest BCUT2D eigenvalue weighted by atomic mass is 19.1. The second-order valence-corrected chi connectivity index (χ2v) is 5.95. The molecule has 6 nitrogen and oxygen atoms in total. The zero-order chi connectivity index (χ0) is 18.7. The van der Waals surface area contributed by atoms with Gasteiger partial charge in [-0.15, -0.1) is 0 Å². The molecule has 0 aliphatic carbocycles. The molecule has 1 fully saturated rings. The van der Waals surface area contributed by atoms with Crippen LogP contribution >= 0.6 is 0 Å². The Hall–Kier alpha value is -3.03. The van der Waals surface area contributed by atoms with Gasteiger partial charge >= 0.3 is 0 Å². The van der Waals surface area contributed by atoms with Crippen molar-refractivity contribution < 1.29 is 18.4 Å². The van der Waals surface area contributed by atoms with E-state index in [9.17, 15) is 18.4 Å². The molecule has 1 aromatic heterocycles. The van der Waals surface area contributed by atoms with Gasteiger partial charge in [0.15, 0.2) is 0 Å². The molecule has 0 atom stereocenters. The van der Waals surface area contributed by atoms with Crippen LogP contribution in [0.25, 0.3) is 0 Å². The van der Waals surface area contributed by atoms with Crippen LogP contribution in [-0.2, 0) is 4.79 Å². The standard InChI is InChI=1S/C18H18F2N4O2/c1-12(25)23-7-9-24(10-8-23)16-6-5-13(11-21-16)18(26)22-17-14(19)3-2-4-15(17)20/h2-6,11H,7-10H2,1H3,(H,22,26). The lowest BCUT2D eigenvalue weighted by Crippen LogP contribution is -2.48. The summed E-state index contributed by atoms with van der Waals surface area (Å²) in [5, 5.41) is 2.23. The first-order valence-corrected chi connectivity index (χ1v) is 8.17. The quantitative estimate of drug-likeness (QED) is 0.912. The highest BCUT2D eigenvalue weighted by molar-refractivity contribution is 6.04. The van der Waals surface area contributed by atoms with E-state index in [0.717, 1.165) is 12.1 Å². The van der Waals surface area contributed by atoms with Crippen molar-refractivity contribution in [3.63, 3.8) is 0 Å². The fourth-order valence-electron chi connectivity index (χ4n) is 2.76. The predicted molar refractivity (Wildman–Crippen MR) is 93.0 cm³/mol. The van der Waals surface area contributed by atoms with E-state index >= 15 is 0 Å². The number of benzene rings is 1. The third-order valence-corrected chi connectivity index (χ3v) is 4.26. The van der Waals surface area contributed by atoms with Crippen molar-refractivity contribution in [2.24, 2.45) is 0 Å². The number of amides is 2. The van der Waals surface area contributed by atoms with Crippen molar-refractivity contribution in [2.45, 2.75) is 6.92 Å². The van der Waals surface area contributed by atoms with Crippen molar-refractivity contribution in [3.8, 4) is 0 Å². The number of anilines is 2. The fraction of sp³-hybridized carbons (Fsp3) is 0.278. The molecule has 0 bridgehead atoms. The van der Waals surface area contributed by atoms with Crippen LogP contribution in [0.15, 0.2) is 36.5 Å². The molecule has 26 heavy (non-hydrogen) atoms. The monoisotopic (exact) mass is 360 g/mol. The zero-order valence-electron chi connectivity index (χ0n) is 14.2. The molecule has 1 saturated heterocycles. The van der Waals surface area contributed by atoms with Gasteiger partial charge in [0, 0.05) is 39.3 Å². The highest BCUT2D eigenvalue weighted by Gasteiger charge is 2.20. The first-order chi connectivity index (χ1) is 12.5. The van der Waals surface area contributed by atoms with E-state index in [-0.39, 0.29) is 11.5 Å². The number of nitrogens with one attached hydrogen (secondary N) is 1. The van der Waals surface area contributed by atoms with Crippen molar-refractivity contribution in [3.05, 3.63) is 53.7 Å². The maximum Gasteiger partial charge on any atom is 0.257 e. The summed E-state index contributed by atoms with van der Waals surface area (Å²) in [6.07, 6.45) is 1.36. The molecular formula is C18H18F2N4O2. The summed E-state index contributed by atoms with van der Waals surface area (Å²) in [6, 6.07) is 6.59. The van der Waals surface area contributed by atoms with Gasteiger partial charge in [0.1, 0.15) is 23.1 Å². The lowest BCUT2D eigenvalue weighted by molar-refractivity contribution is -0.129. The number of piperazine rings is 1. The SMILES string of the molecule is CC(=O)N1CCN(c2ccc(C(=O)Nc3c(F)cccc3F)cn2)CC1. The van der Waals surface area contributed by atoms with E-state index in [1.165, 1.54) is 12.3 Å². The van der Waals surface area contributed by atoms with Gasteiger partial charge in [0.2, 0.25) is 5.91 Å². The maximum atomic E-state index is 13.6. The molecule has 0 spiro atoms. The van der Waals surface area contributed by atoms with E-state index in [0.29, 0.717) is 32.0 Å². The average Bonchev–Trinajstić information content (AvgIpc) is 2.65. The Morgan fingerprint density at radius 2 is 1.69 bits per heavy atom. The number of carbonyl (C=O) groups excluding carboxylic acids is 2. The van der Waals surface area contributed by atoms with Gasteiger partial charge in [-0.1, -0.05) is 6.07 Å². The molecule has 8 heteroatoms. The molecule has 1 aliphatic heterocycles. The van der Waals surface area contributed by atoms with Gasteiger partial charge in [0.25, 0.3) is 5.91 Å². The first-order valence-electron chi connectivity index (χ1n) is 8.17. The Bertz CT molecular complexity index is 798. The predicted octanol–water partition coefficient (Wildman–Crippen LogP) is 2.28. The Morgan fingerprint density at radius 1 is 1.04 bits per heavy atom. The molecule has 3 rings (SSSR count). The molecule has 0 radical (unpaired) electrons. The summed E-state index contributed by atoms with van der Waals surface area (Å²) in [7, 11) is 0. The number of hydrogen-bond donors (Lipinski definition) is 1. The number of para-hydroxylation sites is 1. The number of aromatic nitrogens is 1. The topological polar surface area (TPSA) is 65.5 Å². The molecule has 1 aromatic carbocycles. The molecule has 2 amide bonds. The Balaban J connectivity index is 1.66. The van der Waals surface area contributed by atoms with Gasteiger partial charge in [-0.2, -0.15) is 0 Å². The van der Waals surface area contributed by atoms with Gasteiger partial charge in [0.05, 0.1) is 5.56 Å². The number of pyridine rings is 1. The maximum absolute atomic E-state index is 13.6. The van der Waals surface area contributed by atoms with Crippen LogP contribution in [0.2, 0.25) is 0 Å². The molecule has 1 aliphatic rings. The van der Waals surface area contributed by atoms with Crippen LogP contribution in [0, 0.1) is 11.6 Å². The molecule has 0 unspecified atom stereocenters. The summed E-state index contributed by atoms with van der Waals surface area (Å²) in [6.45, 7) is 4.08. The third kappa shape index (κ3) is 3.79. The minimum Gasteiger partial charge on any atom is -0.353 e. The van der Waals surface area contributed by atoms with Crippen molar-refractivity contribution in [1.82, 2.24) is 9.88 Å². The van der Waals surface area contributed by atoms with Crippen molar-refractivity contribution >= 4 is 23.3 Å². The number of halogens is 2. The van der Waals surface area contributed by atoms with Crippen LogP contribution in [0.4, 0.5) is 20.3 Å². The normalized spacial score (nSPS) is 14.3. The molecule has 2 aromatic rings. The van der Waals surface area contributed by atoms with E-state index in [1.807, 2.05) is 4.90 Å². The fourth-order valence-corrected chi connectivity index (χ4v) is 2.76. The van der Waals surface area contributed by atoms with Gasteiger partial charge in [-0.25, -0.2) is 13.8 Å². The number of carbonyl (C=O) groups is 2. The third-order valence-electron chi connectivity index (χ3n) is 4.26. The Kier molecular flexibility index (Phi) is 5.11. The summed E-state index contributed by atoms with van der Waals surface area (Å²) in [5.74, 6) is -1.60. The molecule has 2 heterocycles. The number of nitrogens with zero attached hydrogens (tertiary/aromatic N) is 3. The van der Waals surface area contributed by atoms with Gasteiger partial charge < -0.3 is 15.1 Å². The molecular weight excluding hydrogens is 342 g/mol. The first kappa shape index (κ1) is 17.8. The Morgan fingerprint density at radius 3 is 2.23 bits per heavy atom. The summed E-state index contributed by atoms with van der Waals surface area (Å²) < 4.78 is 27.2. The zero-order valence-corrected chi connectivity index (χ0v) is 14.2. The minimum atomic E-state index is -0.841. The number of hydrogen-bond acceptors (Lipinski definition) is 4. The molecule has 136 valence electrons. The van der Waals surface area contributed by atoms with Crippen molar-refractivity contribution in [1.29, 1.82) is 0 Å². The number of rotatable bonds is 3. The summed E-state index contributed by atoms with van der Waals surface area (Å²) >= 11 is 0. The Labute approximate surface area is 149 Å².